The smallest absolute Gasteiger partial charge is 0.122 e. The summed E-state index contributed by atoms with van der Waals surface area (Å²) in [4.78, 5) is 0. The Morgan fingerprint density at radius 2 is 1.09 bits per heavy atom. The molecule has 0 radical (unpaired) electrons. The van der Waals surface area contributed by atoms with Gasteiger partial charge in [0.15, 0.2) is 0 Å². The monoisotopic (exact) mass is 318 g/mol. The summed E-state index contributed by atoms with van der Waals surface area (Å²) in [6.45, 7) is 0.546. The van der Waals surface area contributed by atoms with Gasteiger partial charge in [-0.1, -0.05) is 11.8 Å². The Bertz CT molecular complexity index is 377. The highest BCUT2D eigenvalue weighted by Gasteiger charge is 2.32. The van der Waals surface area contributed by atoms with Gasteiger partial charge in [0, 0.05) is 13.2 Å². The zero-order chi connectivity index (χ0) is 16.7. The summed E-state index contributed by atoms with van der Waals surface area (Å²) < 4.78 is 6.17. The van der Waals surface area contributed by atoms with Crippen LogP contribution in [0.5, 0.6) is 0 Å². The maximum Gasteiger partial charge on any atom is 0.122 e. The van der Waals surface area contributed by atoms with Crippen LogP contribution in [0.25, 0.3) is 0 Å². The Hall–Kier alpha value is -1.00. The van der Waals surface area contributed by atoms with Gasteiger partial charge in [-0.3, -0.25) is 0 Å². The van der Waals surface area contributed by atoms with Crippen molar-refractivity contribution in [2.45, 2.75) is 63.6 Å². The molecule has 0 saturated heterocycles. The summed E-state index contributed by atoms with van der Waals surface area (Å²) in [5.74, 6) is 7.16. The van der Waals surface area contributed by atoms with Crippen molar-refractivity contribution in [2.24, 2.45) is 23.7 Å². The topological polar surface area (TPSA) is 49.7 Å². The van der Waals surface area contributed by atoms with Gasteiger partial charge in [0.05, 0.1) is 0 Å². The van der Waals surface area contributed by atoms with Gasteiger partial charge in [-0.05, 0) is 75.0 Å². The minimum absolute atomic E-state index is 0.216. The average molecular weight is 318 g/mol. The van der Waals surface area contributed by atoms with E-state index in [1.54, 1.807) is 0 Å². The van der Waals surface area contributed by atoms with Crippen molar-refractivity contribution >= 4 is 0 Å². The van der Waals surface area contributed by atoms with E-state index in [1.165, 1.54) is 0 Å². The third kappa shape index (κ3) is 4.98. The van der Waals surface area contributed by atoms with Crippen LogP contribution in [0.3, 0.4) is 0 Å². The number of ether oxygens (including phenoxy) is 1. The van der Waals surface area contributed by atoms with E-state index < -0.39 is 0 Å². The van der Waals surface area contributed by atoms with Crippen LogP contribution in [0.15, 0.2) is 0 Å². The Labute approximate surface area is 140 Å². The van der Waals surface area contributed by atoms with Gasteiger partial charge in [0.2, 0.25) is 0 Å². The highest BCUT2D eigenvalue weighted by atomic mass is 16.5. The number of hydrogen-bond acceptors (Lipinski definition) is 3. The number of aliphatic hydroxyl groups excluding tert-OH is 2. The van der Waals surface area contributed by atoms with E-state index in [0.717, 1.165) is 51.4 Å². The molecule has 2 aliphatic carbocycles. The molecule has 0 bridgehead atoms. The lowest BCUT2D eigenvalue weighted by Crippen LogP contribution is -2.35. The molecule has 2 atom stereocenters. The first-order valence-corrected chi connectivity index (χ1v) is 9.01. The maximum absolute atomic E-state index is 9.25. The summed E-state index contributed by atoms with van der Waals surface area (Å²) in [5.41, 5.74) is 0. The Kier molecular flexibility index (Phi) is 7.44. The van der Waals surface area contributed by atoms with Crippen molar-refractivity contribution in [1.82, 2.24) is 0 Å². The third-order valence-electron chi connectivity index (χ3n) is 5.78. The average Bonchev–Trinajstić information content (AvgIpc) is 2.63. The molecule has 3 heteroatoms. The van der Waals surface area contributed by atoms with Gasteiger partial charge in [-0.2, -0.15) is 0 Å². The fraction of sp³-hybridized carbons (Fsp3) is 0.800. The van der Waals surface area contributed by atoms with E-state index in [0.29, 0.717) is 23.7 Å². The molecular formula is C20H30O3. The number of aliphatic hydroxyl groups is 2. The van der Waals surface area contributed by atoms with Crippen LogP contribution in [0.2, 0.25) is 0 Å². The molecule has 0 amide bonds. The van der Waals surface area contributed by atoms with Crippen molar-refractivity contribution in [3.63, 3.8) is 0 Å². The molecule has 0 aromatic carbocycles. The molecule has 2 N–H and O–H groups in total. The molecule has 3 nitrogen and oxygen atoms in total. The van der Waals surface area contributed by atoms with E-state index in [2.05, 4.69) is 11.8 Å². The second kappa shape index (κ2) is 9.33. The van der Waals surface area contributed by atoms with E-state index in [-0.39, 0.29) is 25.4 Å². The zero-order valence-electron chi connectivity index (χ0n) is 14.0. The van der Waals surface area contributed by atoms with E-state index in [4.69, 9.17) is 17.6 Å². The second-order valence-electron chi connectivity index (χ2n) is 7.24. The molecule has 0 aromatic rings. The summed E-state index contributed by atoms with van der Waals surface area (Å²) >= 11 is 0. The summed E-state index contributed by atoms with van der Waals surface area (Å²) in [5, 5.41) is 18.5. The lowest BCUT2D eigenvalue weighted by molar-refractivity contribution is -0.0341. The standard InChI is InChI=1S/C20H30O3/c1-3-19(17-9-5-15(13-21)6-10-17)23-20(4-2)18-11-7-16(14-22)8-12-18/h1-2,15-22H,5-14H2. The van der Waals surface area contributed by atoms with E-state index >= 15 is 0 Å². The second-order valence-corrected chi connectivity index (χ2v) is 7.24. The lowest BCUT2D eigenvalue weighted by Gasteiger charge is -2.35. The molecule has 0 spiro atoms. The van der Waals surface area contributed by atoms with Gasteiger partial charge < -0.3 is 14.9 Å². The van der Waals surface area contributed by atoms with Crippen LogP contribution in [-0.4, -0.2) is 35.6 Å². The zero-order valence-corrected chi connectivity index (χ0v) is 14.0. The maximum atomic E-state index is 9.25. The van der Waals surface area contributed by atoms with Crippen molar-refractivity contribution in [3.8, 4) is 24.7 Å². The van der Waals surface area contributed by atoms with Crippen LogP contribution < -0.4 is 0 Å². The first kappa shape index (κ1) is 18.3. The van der Waals surface area contributed by atoms with E-state index in [1.807, 2.05) is 0 Å². The highest BCUT2D eigenvalue weighted by Crippen LogP contribution is 2.35. The van der Waals surface area contributed by atoms with Crippen LogP contribution in [-0.2, 0) is 4.74 Å². The van der Waals surface area contributed by atoms with Gasteiger partial charge in [-0.25, -0.2) is 0 Å². The Morgan fingerprint density at radius 1 is 0.739 bits per heavy atom. The van der Waals surface area contributed by atoms with Crippen molar-refractivity contribution < 1.29 is 14.9 Å². The summed E-state index contributed by atoms with van der Waals surface area (Å²) in [6.07, 6.45) is 19.1. The summed E-state index contributed by atoms with van der Waals surface area (Å²) in [6, 6.07) is 0. The molecule has 0 heterocycles. The number of rotatable bonds is 6. The minimum Gasteiger partial charge on any atom is -0.396 e. The van der Waals surface area contributed by atoms with Crippen molar-refractivity contribution in [2.75, 3.05) is 13.2 Å². The highest BCUT2D eigenvalue weighted by molar-refractivity contribution is 5.05. The molecule has 23 heavy (non-hydrogen) atoms. The van der Waals surface area contributed by atoms with Crippen LogP contribution in [0, 0.1) is 48.4 Å². The van der Waals surface area contributed by atoms with Crippen molar-refractivity contribution in [1.29, 1.82) is 0 Å². The number of hydrogen-bond donors (Lipinski definition) is 2. The Balaban J connectivity index is 1.87. The van der Waals surface area contributed by atoms with Gasteiger partial charge in [-0.15, -0.1) is 12.8 Å². The molecule has 2 rings (SSSR count). The van der Waals surface area contributed by atoms with Crippen LogP contribution >= 0.6 is 0 Å². The predicted octanol–water partition coefficient (Wildman–Crippen LogP) is 2.60. The molecular weight excluding hydrogens is 288 g/mol. The summed E-state index contributed by atoms with van der Waals surface area (Å²) in [7, 11) is 0. The predicted molar refractivity (Wildman–Crippen MR) is 91.4 cm³/mol. The molecule has 0 aromatic heterocycles. The third-order valence-corrected chi connectivity index (χ3v) is 5.78. The fourth-order valence-electron chi connectivity index (χ4n) is 4.08. The molecule has 2 saturated carbocycles. The minimum atomic E-state index is -0.216. The SMILES string of the molecule is C#CC(OC(C#C)C1CCC(CO)CC1)C1CCC(CO)CC1. The molecule has 2 aliphatic rings. The molecule has 2 unspecified atom stereocenters. The van der Waals surface area contributed by atoms with Crippen LogP contribution in [0.1, 0.15) is 51.4 Å². The quantitative estimate of drug-likeness (QED) is 0.740. The Morgan fingerprint density at radius 3 is 1.35 bits per heavy atom. The van der Waals surface area contributed by atoms with Gasteiger partial charge >= 0.3 is 0 Å². The normalized spacial score (nSPS) is 34.1. The van der Waals surface area contributed by atoms with Crippen LogP contribution in [0.4, 0.5) is 0 Å². The van der Waals surface area contributed by atoms with Crippen molar-refractivity contribution in [3.05, 3.63) is 0 Å². The van der Waals surface area contributed by atoms with Gasteiger partial charge in [0.25, 0.3) is 0 Å². The lowest BCUT2D eigenvalue weighted by atomic mass is 9.78. The van der Waals surface area contributed by atoms with E-state index in [9.17, 15) is 10.2 Å². The molecule has 0 aliphatic heterocycles. The molecule has 128 valence electrons. The number of terminal acetylenes is 2. The molecule has 2 fully saturated rings. The van der Waals surface area contributed by atoms with Gasteiger partial charge in [0.1, 0.15) is 12.2 Å². The fourth-order valence-corrected chi connectivity index (χ4v) is 4.08. The largest absolute Gasteiger partial charge is 0.396 e. The first-order chi connectivity index (χ1) is 11.2. The first-order valence-electron chi connectivity index (χ1n) is 9.01.